The molecule has 1 unspecified atom stereocenters. The van der Waals surface area contributed by atoms with Crippen LogP contribution in [0, 0.1) is 11.3 Å². The van der Waals surface area contributed by atoms with Crippen LogP contribution in [-0.2, 0) is 4.79 Å². The molecule has 20 heavy (non-hydrogen) atoms. The number of carbonyl (C=O) groups excluding carboxylic acids is 1. The molecule has 0 aromatic rings. The van der Waals surface area contributed by atoms with Crippen LogP contribution in [0.4, 0.5) is 0 Å². The molecule has 0 aromatic heterocycles. The fourth-order valence-electron chi connectivity index (χ4n) is 3.73. The van der Waals surface area contributed by atoms with Crippen LogP contribution in [0.25, 0.3) is 0 Å². The molecular formula is C16H30N2OS. The number of rotatable bonds is 5. The molecule has 1 saturated carbocycles. The summed E-state index contributed by atoms with van der Waals surface area (Å²) in [6, 6.07) is 0. The van der Waals surface area contributed by atoms with Crippen molar-refractivity contribution in [2.24, 2.45) is 11.3 Å². The van der Waals surface area contributed by atoms with E-state index in [1.165, 1.54) is 32.1 Å². The van der Waals surface area contributed by atoms with Crippen LogP contribution in [0.5, 0.6) is 0 Å². The normalized spacial score (nSPS) is 29.6. The van der Waals surface area contributed by atoms with Gasteiger partial charge in [0.1, 0.15) is 0 Å². The lowest BCUT2D eigenvalue weighted by atomic mass is 9.75. The summed E-state index contributed by atoms with van der Waals surface area (Å²) in [4.78, 5) is 12.7. The van der Waals surface area contributed by atoms with Crippen LogP contribution in [-0.4, -0.2) is 36.5 Å². The minimum atomic E-state index is -0.186. The Morgan fingerprint density at radius 1 is 1.25 bits per heavy atom. The summed E-state index contributed by atoms with van der Waals surface area (Å²) in [7, 11) is 0. The number of thioether (sulfide) groups is 1. The summed E-state index contributed by atoms with van der Waals surface area (Å²) >= 11 is 1.95. The molecule has 116 valence electrons. The van der Waals surface area contributed by atoms with Gasteiger partial charge in [-0.3, -0.25) is 4.79 Å². The van der Waals surface area contributed by atoms with Crippen molar-refractivity contribution in [3.63, 3.8) is 0 Å². The van der Waals surface area contributed by atoms with Crippen LogP contribution in [0.15, 0.2) is 0 Å². The van der Waals surface area contributed by atoms with Gasteiger partial charge in [0.25, 0.3) is 0 Å². The average Bonchev–Trinajstić information content (AvgIpc) is 2.97. The maximum atomic E-state index is 12.7. The molecular weight excluding hydrogens is 268 g/mol. The second-order valence-electron chi connectivity index (χ2n) is 6.87. The first-order valence-electron chi connectivity index (χ1n) is 8.09. The molecule has 0 aromatic carbocycles. The number of hydrogen-bond acceptors (Lipinski definition) is 3. The topological polar surface area (TPSA) is 41.1 Å². The highest BCUT2D eigenvalue weighted by atomic mass is 32.2. The monoisotopic (exact) mass is 298 g/mol. The third-order valence-electron chi connectivity index (χ3n) is 5.51. The van der Waals surface area contributed by atoms with E-state index in [9.17, 15) is 4.79 Å². The molecule has 1 heterocycles. The average molecular weight is 298 g/mol. The molecule has 1 atom stereocenters. The first-order valence-corrected chi connectivity index (χ1v) is 9.31. The summed E-state index contributed by atoms with van der Waals surface area (Å²) in [5.41, 5.74) is -0.186. The first-order chi connectivity index (χ1) is 9.55. The predicted octanol–water partition coefficient (Wildman–Crippen LogP) is 2.80. The van der Waals surface area contributed by atoms with Crippen molar-refractivity contribution in [1.82, 2.24) is 10.6 Å². The van der Waals surface area contributed by atoms with E-state index < -0.39 is 0 Å². The fourth-order valence-corrected chi connectivity index (χ4v) is 4.64. The van der Waals surface area contributed by atoms with E-state index >= 15 is 0 Å². The second-order valence-corrected chi connectivity index (χ2v) is 8.14. The van der Waals surface area contributed by atoms with Gasteiger partial charge in [0.2, 0.25) is 5.91 Å². The first kappa shape index (κ1) is 16.2. The number of amides is 1. The molecule has 3 nitrogen and oxygen atoms in total. The molecule has 2 fully saturated rings. The van der Waals surface area contributed by atoms with Gasteiger partial charge in [-0.2, -0.15) is 11.8 Å². The summed E-state index contributed by atoms with van der Waals surface area (Å²) in [5.74, 6) is 0.672. The Kier molecular flexibility index (Phi) is 5.41. The smallest absolute Gasteiger partial charge is 0.227 e. The lowest BCUT2D eigenvalue weighted by Gasteiger charge is -2.38. The van der Waals surface area contributed by atoms with Crippen molar-refractivity contribution in [2.75, 3.05) is 25.9 Å². The van der Waals surface area contributed by atoms with Gasteiger partial charge in [0, 0.05) is 17.8 Å². The highest BCUT2D eigenvalue weighted by Gasteiger charge is 2.44. The van der Waals surface area contributed by atoms with Gasteiger partial charge in [0.05, 0.1) is 5.41 Å². The zero-order chi connectivity index (χ0) is 14.6. The SMILES string of the molecule is CSC1(CNC(=O)C2(C(C)C)CCNC2)CCCCC1. The van der Waals surface area contributed by atoms with Gasteiger partial charge in [-0.05, 0) is 38.0 Å². The highest BCUT2D eigenvalue weighted by molar-refractivity contribution is 8.00. The van der Waals surface area contributed by atoms with Crippen LogP contribution in [0.3, 0.4) is 0 Å². The Morgan fingerprint density at radius 3 is 2.45 bits per heavy atom. The highest BCUT2D eigenvalue weighted by Crippen LogP contribution is 2.39. The molecule has 1 aliphatic carbocycles. The predicted molar refractivity (Wildman–Crippen MR) is 87.1 cm³/mol. The third-order valence-corrected chi connectivity index (χ3v) is 6.93. The Bertz CT molecular complexity index is 331. The van der Waals surface area contributed by atoms with Crippen molar-refractivity contribution >= 4 is 17.7 Å². The molecule has 2 N–H and O–H groups in total. The van der Waals surface area contributed by atoms with E-state index in [0.717, 1.165) is 26.1 Å². The largest absolute Gasteiger partial charge is 0.354 e. The number of hydrogen-bond donors (Lipinski definition) is 2. The van der Waals surface area contributed by atoms with Gasteiger partial charge in [-0.1, -0.05) is 33.1 Å². The van der Waals surface area contributed by atoms with Crippen LogP contribution < -0.4 is 10.6 Å². The third kappa shape index (κ3) is 3.16. The second kappa shape index (κ2) is 6.69. The molecule has 0 spiro atoms. The quantitative estimate of drug-likeness (QED) is 0.820. The van der Waals surface area contributed by atoms with Crippen LogP contribution >= 0.6 is 11.8 Å². The van der Waals surface area contributed by atoms with Crippen molar-refractivity contribution in [3.05, 3.63) is 0 Å². The van der Waals surface area contributed by atoms with E-state index in [2.05, 4.69) is 30.7 Å². The van der Waals surface area contributed by atoms with Crippen LogP contribution in [0.2, 0.25) is 0 Å². The van der Waals surface area contributed by atoms with E-state index in [-0.39, 0.29) is 16.1 Å². The fraction of sp³-hybridized carbons (Fsp3) is 0.938. The van der Waals surface area contributed by atoms with E-state index in [4.69, 9.17) is 0 Å². The van der Waals surface area contributed by atoms with Gasteiger partial charge in [-0.25, -0.2) is 0 Å². The van der Waals surface area contributed by atoms with Crippen molar-refractivity contribution in [1.29, 1.82) is 0 Å². The summed E-state index contributed by atoms with van der Waals surface area (Å²) in [6.45, 7) is 7.01. The van der Waals surface area contributed by atoms with Crippen LogP contribution in [0.1, 0.15) is 52.4 Å². The maximum Gasteiger partial charge on any atom is 0.227 e. The zero-order valence-corrected chi connectivity index (χ0v) is 14.1. The van der Waals surface area contributed by atoms with E-state index in [0.29, 0.717) is 5.92 Å². The molecule has 0 radical (unpaired) electrons. The Hall–Kier alpha value is -0.220. The van der Waals surface area contributed by atoms with Gasteiger partial charge >= 0.3 is 0 Å². The Balaban J connectivity index is 1.96. The van der Waals surface area contributed by atoms with Crippen molar-refractivity contribution < 1.29 is 4.79 Å². The molecule has 2 aliphatic rings. The van der Waals surface area contributed by atoms with Gasteiger partial charge < -0.3 is 10.6 Å². The lowest BCUT2D eigenvalue weighted by Crippen LogP contribution is -2.50. The van der Waals surface area contributed by atoms with Crippen molar-refractivity contribution in [2.45, 2.75) is 57.1 Å². The molecule has 1 aliphatic heterocycles. The standard InChI is InChI=1S/C16H30N2OS/c1-13(2)16(9-10-17-12-16)14(19)18-11-15(20-3)7-5-4-6-8-15/h13,17H,4-12H2,1-3H3,(H,18,19). The van der Waals surface area contributed by atoms with Gasteiger partial charge in [-0.15, -0.1) is 0 Å². The van der Waals surface area contributed by atoms with E-state index in [1.807, 2.05) is 11.8 Å². The van der Waals surface area contributed by atoms with Crippen molar-refractivity contribution in [3.8, 4) is 0 Å². The molecule has 1 saturated heterocycles. The summed E-state index contributed by atoms with van der Waals surface area (Å²) in [6.07, 6.45) is 9.66. The maximum absolute atomic E-state index is 12.7. The Morgan fingerprint density at radius 2 is 1.95 bits per heavy atom. The van der Waals surface area contributed by atoms with Gasteiger partial charge in [0.15, 0.2) is 0 Å². The molecule has 0 bridgehead atoms. The molecule has 1 amide bonds. The molecule has 4 heteroatoms. The zero-order valence-electron chi connectivity index (χ0n) is 13.3. The number of nitrogens with one attached hydrogen (secondary N) is 2. The Labute approximate surface area is 128 Å². The lowest BCUT2D eigenvalue weighted by molar-refractivity contribution is -0.132. The minimum absolute atomic E-state index is 0.186. The number of carbonyl (C=O) groups is 1. The minimum Gasteiger partial charge on any atom is -0.354 e. The summed E-state index contributed by atoms with van der Waals surface area (Å²) in [5, 5.41) is 6.68. The summed E-state index contributed by atoms with van der Waals surface area (Å²) < 4.78 is 0.290. The molecule has 2 rings (SSSR count). The van der Waals surface area contributed by atoms with E-state index in [1.54, 1.807) is 0 Å².